The van der Waals surface area contributed by atoms with Gasteiger partial charge in [0.1, 0.15) is 0 Å². The van der Waals surface area contributed by atoms with Gasteiger partial charge in [-0.2, -0.15) is 0 Å². The number of aryl methyl sites for hydroxylation is 2. The first-order chi connectivity index (χ1) is 9.88. The van der Waals surface area contributed by atoms with Gasteiger partial charge in [-0.1, -0.05) is 29.8 Å². The highest BCUT2D eigenvalue weighted by Crippen LogP contribution is 2.16. The molecule has 0 bridgehead atoms. The zero-order valence-corrected chi connectivity index (χ0v) is 13.9. The number of hydrogen-bond acceptors (Lipinski definition) is 3. The van der Waals surface area contributed by atoms with E-state index in [0.29, 0.717) is 6.54 Å². The quantitative estimate of drug-likeness (QED) is 0.560. The largest absolute Gasteiger partial charge is 0.385 e. The van der Waals surface area contributed by atoms with Crippen LogP contribution in [-0.4, -0.2) is 42.4 Å². The summed E-state index contributed by atoms with van der Waals surface area (Å²) >= 11 is 0. The molecule has 1 atom stereocenters. The van der Waals surface area contributed by atoms with Crippen molar-refractivity contribution in [3.05, 3.63) is 47.5 Å². The van der Waals surface area contributed by atoms with Crippen LogP contribution in [0.25, 0.3) is 0 Å². The standard InChI is InChI=1S/C18H29NO2/c1-6-18(4,20)14-19(10-7-11-21-5)13-17-12-15(2)8-9-16(17)3/h6,8-9,12,20H,1,7,10-11,13-14H2,2-5H3. The van der Waals surface area contributed by atoms with Crippen molar-refractivity contribution in [2.24, 2.45) is 0 Å². The predicted molar refractivity (Wildman–Crippen MR) is 88.5 cm³/mol. The molecule has 3 heteroatoms. The van der Waals surface area contributed by atoms with Gasteiger partial charge >= 0.3 is 0 Å². The summed E-state index contributed by atoms with van der Waals surface area (Å²) in [6.07, 6.45) is 2.56. The van der Waals surface area contributed by atoms with E-state index in [4.69, 9.17) is 4.74 Å². The summed E-state index contributed by atoms with van der Waals surface area (Å²) in [6.45, 7) is 12.8. The summed E-state index contributed by atoms with van der Waals surface area (Å²) in [7, 11) is 1.72. The molecule has 0 radical (unpaired) electrons. The van der Waals surface area contributed by atoms with E-state index in [9.17, 15) is 5.11 Å². The Bertz CT molecular complexity index is 455. The first-order valence-corrected chi connectivity index (χ1v) is 7.51. The van der Waals surface area contributed by atoms with Crippen LogP contribution < -0.4 is 0 Å². The van der Waals surface area contributed by atoms with Crippen LogP contribution in [0.2, 0.25) is 0 Å². The molecule has 1 unspecified atom stereocenters. The normalized spacial score (nSPS) is 14.2. The lowest BCUT2D eigenvalue weighted by atomic mass is 10.0. The number of benzene rings is 1. The number of aliphatic hydroxyl groups is 1. The van der Waals surface area contributed by atoms with Crippen LogP contribution in [0.5, 0.6) is 0 Å². The zero-order chi connectivity index (χ0) is 15.9. The van der Waals surface area contributed by atoms with Gasteiger partial charge in [0.05, 0.1) is 5.60 Å². The van der Waals surface area contributed by atoms with Crippen LogP contribution in [0.15, 0.2) is 30.9 Å². The van der Waals surface area contributed by atoms with Crippen molar-refractivity contribution in [3.63, 3.8) is 0 Å². The fraction of sp³-hybridized carbons (Fsp3) is 0.556. The lowest BCUT2D eigenvalue weighted by Crippen LogP contribution is -2.39. The minimum atomic E-state index is -0.870. The van der Waals surface area contributed by atoms with E-state index >= 15 is 0 Å². The second-order valence-electron chi connectivity index (χ2n) is 6.05. The molecule has 1 aromatic carbocycles. The summed E-state index contributed by atoms with van der Waals surface area (Å²) in [4.78, 5) is 2.27. The molecule has 0 saturated carbocycles. The maximum Gasteiger partial charge on any atom is 0.0923 e. The molecule has 0 aliphatic rings. The van der Waals surface area contributed by atoms with Gasteiger partial charge in [-0.15, -0.1) is 6.58 Å². The number of rotatable bonds is 9. The molecule has 0 aliphatic heterocycles. The van der Waals surface area contributed by atoms with Gasteiger partial charge in [-0.05, 0) is 38.3 Å². The fourth-order valence-corrected chi connectivity index (χ4v) is 2.38. The molecule has 21 heavy (non-hydrogen) atoms. The maximum absolute atomic E-state index is 10.3. The van der Waals surface area contributed by atoms with E-state index in [-0.39, 0.29) is 0 Å². The van der Waals surface area contributed by atoms with E-state index in [0.717, 1.165) is 26.1 Å². The van der Waals surface area contributed by atoms with E-state index in [1.807, 2.05) is 0 Å². The Balaban J connectivity index is 2.80. The van der Waals surface area contributed by atoms with Crippen molar-refractivity contribution < 1.29 is 9.84 Å². The third kappa shape index (κ3) is 6.42. The molecule has 0 spiro atoms. The molecule has 0 saturated heterocycles. The zero-order valence-electron chi connectivity index (χ0n) is 13.9. The highest BCUT2D eigenvalue weighted by molar-refractivity contribution is 5.30. The molecule has 1 N–H and O–H groups in total. The summed E-state index contributed by atoms with van der Waals surface area (Å²) in [6, 6.07) is 6.51. The van der Waals surface area contributed by atoms with Crippen LogP contribution in [0, 0.1) is 13.8 Å². The molecule has 118 valence electrons. The van der Waals surface area contributed by atoms with Crippen molar-refractivity contribution in [3.8, 4) is 0 Å². The molecule has 0 heterocycles. The molecular weight excluding hydrogens is 262 g/mol. The van der Waals surface area contributed by atoms with Crippen molar-refractivity contribution >= 4 is 0 Å². The Kier molecular flexibility index (Phi) is 7.09. The Labute approximate surface area is 129 Å². The lowest BCUT2D eigenvalue weighted by molar-refractivity contribution is 0.0545. The minimum absolute atomic E-state index is 0.577. The fourth-order valence-electron chi connectivity index (χ4n) is 2.38. The molecule has 1 rings (SSSR count). The van der Waals surface area contributed by atoms with Gasteiger partial charge in [-0.3, -0.25) is 4.90 Å². The Morgan fingerprint density at radius 2 is 2.10 bits per heavy atom. The smallest absolute Gasteiger partial charge is 0.0923 e. The van der Waals surface area contributed by atoms with Crippen LogP contribution in [0.3, 0.4) is 0 Å². The molecule has 0 aliphatic carbocycles. The molecule has 1 aromatic rings. The van der Waals surface area contributed by atoms with Crippen LogP contribution >= 0.6 is 0 Å². The summed E-state index contributed by atoms with van der Waals surface area (Å²) in [5.74, 6) is 0. The second-order valence-corrected chi connectivity index (χ2v) is 6.05. The predicted octanol–water partition coefficient (Wildman–Crippen LogP) is 3.08. The monoisotopic (exact) mass is 291 g/mol. The SMILES string of the molecule is C=CC(C)(O)CN(CCCOC)Cc1cc(C)ccc1C. The Morgan fingerprint density at radius 3 is 2.71 bits per heavy atom. The summed E-state index contributed by atoms with van der Waals surface area (Å²) in [5, 5.41) is 10.3. The summed E-state index contributed by atoms with van der Waals surface area (Å²) < 4.78 is 5.13. The number of ether oxygens (including phenoxy) is 1. The molecule has 0 aromatic heterocycles. The van der Waals surface area contributed by atoms with Crippen molar-refractivity contribution in [1.82, 2.24) is 4.90 Å². The van der Waals surface area contributed by atoms with E-state index < -0.39 is 5.60 Å². The van der Waals surface area contributed by atoms with Gasteiger partial charge in [0.2, 0.25) is 0 Å². The van der Waals surface area contributed by atoms with Gasteiger partial charge in [0, 0.05) is 33.4 Å². The third-order valence-corrected chi connectivity index (χ3v) is 3.70. The first kappa shape index (κ1) is 17.9. The molecule has 0 amide bonds. The van der Waals surface area contributed by atoms with Crippen LogP contribution in [-0.2, 0) is 11.3 Å². The van der Waals surface area contributed by atoms with Gasteiger partial charge in [0.25, 0.3) is 0 Å². The number of methoxy groups -OCH3 is 1. The summed E-state index contributed by atoms with van der Waals surface area (Å²) in [5.41, 5.74) is 3.00. The third-order valence-electron chi connectivity index (χ3n) is 3.70. The Morgan fingerprint density at radius 1 is 1.38 bits per heavy atom. The molecule has 3 nitrogen and oxygen atoms in total. The molecular formula is C18H29NO2. The minimum Gasteiger partial charge on any atom is -0.385 e. The lowest BCUT2D eigenvalue weighted by Gasteiger charge is -2.30. The molecule has 0 fully saturated rings. The van der Waals surface area contributed by atoms with E-state index in [1.54, 1.807) is 20.1 Å². The number of hydrogen-bond donors (Lipinski definition) is 1. The Hall–Kier alpha value is -1.16. The first-order valence-electron chi connectivity index (χ1n) is 7.51. The van der Waals surface area contributed by atoms with Crippen molar-refractivity contribution in [2.45, 2.75) is 39.3 Å². The van der Waals surface area contributed by atoms with Crippen LogP contribution in [0.4, 0.5) is 0 Å². The van der Waals surface area contributed by atoms with E-state index in [1.165, 1.54) is 16.7 Å². The van der Waals surface area contributed by atoms with Crippen LogP contribution in [0.1, 0.15) is 30.0 Å². The maximum atomic E-state index is 10.3. The topological polar surface area (TPSA) is 32.7 Å². The van der Waals surface area contributed by atoms with E-state index in [2.05, 4.69) is 43.5 Å². The highest BCUT2D eigenvalue weighted by atomic mass is 16.5. The van der Waals surface area contributed by atoms with Crippen molar-refractivity contribution in [1.29, 1.82) is 0 Å². The van der Waals surface area contributed by atoms with Crippen molar-refractivity contribution in [2.75, 3.05) is 26.8 Å². The average molecular weight is 291 g/mol. The van der Waals surface area contributed by atoms with Gasteiger partial charge in [-0.25, -0.2) is 0 Å². The van der Waals surface area contributed by atoms with Gasteiger partial charge < -0.3 is 9.84 Å². The highest BCUT2D eigenvalue weighted by Gasteiger charge is 2.20. The van der Waals surface area contributed by atoms with Gasteiger partial charge in [0.15, 0.2) is 0 Å². The second kappa shape index (κ2) is 8.32. The average Bonchev–Trinajstić information content (AvgIpc) is 2.42. The number of nitrogens with zero attached hydrogens (tertiary/aromatic N) is 1.